The number of amides is 1. The molecule has 148 valence electrons. The van der Waals surface area contributed by atoms with Crippen molar-refractivity contribution in [3.8, 4) is 11.1 Å². The van der Waals surface area contributed by atoms with Crippen LogP contribution in [0.3, 0.4) is 0 Å². The monoisotopic (exact) mass is 386 g/mol. The summed E-state index contributed by atoms with van der Waals surface area (Å²) in [7, 11) is 1.74. The highest BCUT2D eigenvalue weighted by Gasteiger charge is 2.43. The van der Waals surface area contributed by atoms with Gasteiger partial charge in [-0.05, 0) is 65.9 Å². The Morgan fingerprint density at radius 1 is 0.931 bits per heavy atom. The minimum atomic E-state index is -0.389. The molecule has 3 aromatic rings. The molecule has 2 aromatic heterocycles. The van der Waals surface area contributed by atoms with Crippen molar-refractivity contribution in [3.63, 3.8) is 0 Å². The number of hydrogen-bond acceptors (Lipinski definition) is 4. The Kier molecular flexibility index (Phi) is 5.67. The van der Waals surface area contributed by atoms with Gasteiger partial charge in [-0.15, -0.1) is 0 Å². The molecule has 5 heteroatoms. The van der Waals surface area contributed by atoms with Crippen LogP contribution in [-0.2, 0) is 17.8 Å². The Morgan fingerprint density at radius 2 is 1.55 bits per heavy atom. The normalized spacial score (nSPS) is 19.2. The van der Waals surface area contributed by atoms with Gasteiger partial charge in [0.25, 0.3) is 0 Å². The van der Waals surface area contributed by atoms with Gasteiger partial charge in [-0.1, -0.05) is 24.3 Å². The number of carbonyl (C=O) groups excluding carboxylic acids is 1. The summed E-state index contributed by atoms with van der Waals surface area (Å²) in [6.45, 7) is 2.54. The molecule has 3 heterocycles. The van der Waals surface area contributed by atoms with Crippen LogP contribution in [0.15, 0.2) is 73.3 Å². The van der Waals surface area contributed by atoms with Gasteiger partial charge in [0, 0.05) is 44.9 Å². The van der Waals surface area contributed by atoms with Crippen molar-refractivity contribution in [1.82, 2.24) is 20.2 Å². The lowest BCUT2D eigenvalue weighted by Gasteiger charge is -2.28. The van der Waals surface area contributed by atoms with Gasteiger partial charge in [-0.25, -0.2) is 0 Å². The van der Waals surface area contributed by atoms with Gasteiger partial charge < -0.3 is 5.32 Å². The highest BCUT2D eigenvalue weighted by molar-refractivity contribution is 5.83. The molecule has 0 spiro atoms. The van der Waals surface area contributed by atoms with Crippen LogP contribution in [0.2, 0.25) is 0 Å². The van der Waals surface area contributed by atoms with Crippen molar-refractivity contribution < 1.29 is 4.79 Å². The summed E-state index contributed by atoms with van der Waals surface area (Å²) in [5, 5.41) is 2.91. The molecule has 0 saturated carbocycles. The fourth-order valence-electron chi connectivity index (χ4n) is 4.26. The second-order valence-corrected chi connectivity index (χ2v) is 7.79. The van der Waals surface area contributed by atoms with Crippen LogP contribution >= 0.6 is 0 Å². The molecular weight excluding hydrogens is 360 g/mol. The third kappa shape index (κ3) is 4.35. The Labute approximate surface area is 171 Å². The van der Waals surface area contributed by atoms with Crippen molar-refractivity contribution in [2.24, 2.45) is 5.41 Å². The number of aromatic nitrogens is 2. The van der Waals surface area contributed by atoms with E-state index in [1.165, 1.54) is 11.1 Å². The third-order valence-electron chi connectivity index (χ3n) is 5.81. The zero-order valence-corrected chi connectivity index (χ0v) is 16.7. The third-order valence-corrected chi connectivity index (χ3v) is 5.81. The number of nitrogens with one attached hydrogen (secondary N) is 1. The fourth-order valence-corrected chi connectivity index (χ4v) is 4.26. The van der Waals surface area contributed by atoms with Crippen LogP contribution in [0.5, 0.6) is 0 Å². The summed E-state index contributed by atoms with van der Waals surface area (Å²) in [6, 6.07) is 16.6. The predicted molar refractivity (Wildman–Crippen MR) is 114 cm³/mol. The molecular formula is C24H26N4O. The van der Waals surface area contributed by atoms with E-state index in [-0.39, 0.29) is 11.3 Å². The molecule has 0 aliphatic carbocycles. The molecule has 1 saturated heterocycles. The number of likely N-dealkylation sites (tertiary alicyclic amines) is 1. The van der Waals surface area contributed by atoms with Crippen LogP contribution in [0.1, 0.15) is 17.5 Å². The lowest BCUT2D eigenvalue weighted by Crippen LogP contribution is -2.43. The number of rotatable bonds is 6. The van der Waals surface area contributed by atoms with E-state index in [9.17, 15) is 4.79 Å². The molecule has 5 nitrogen and oxygen atoms in total. The van der Waals surface area contributed by atoms with Crippen LogP contribution in [0.25, 0.3) is 11.1 Å². The number of nitrogens with zero attached hydrogens (tertiary/aromatic N) is 3. The molecule has 1 atom stereocenters. The van der Waals surface area contributed by atoms with E-state index in [2.05, 4.69) is 44.5 Å². The molecule has 1 aromatic carbocycles. The first kappa shape index (κ1) is 19.3. The van der Waals surface area contributed by atoms with Crippen LogP contribution in [0.4, 0.5) is 0 Å². The highest BCUT2D eigenvalue weighted by Crippen LogP contribution is 2.35. The smallest absolute Gasteiger partial charge is 0.227 e. The first-order valence-electron chi connectivity index (χ1n) is 10.0. The van der Waals surface area contributed by atoms with Gasteiger partial charge in [0.15, 0.2) is 0 Å². The molecule has 1 amide bonds. The van der Waals surface area contributed by atoms with Crippen LogP contribution in [0, 0.1) is 5.41 Å². The summed E-state index contributed by atoms with van der Waals surface area (Å²) in [5.74, 6) is 0.132. The van der Waals surface area contributed by atoms with Gasteiger partial charge in [-0.3, -0.25) is 19.7 Å². The van der Waals surface area contributed by atoms with Crippen molar-refractivity contribution >= 4 is 5.91 Å². The number of carbonyl (C=O) groups is 1. The van der Waals surface area contributed by atoms with E-state index < -0.39 is 0 Å². The Bertz CT molecular complexity index is 944. The van der Waals surface area contributed by atoms with Crippen molar-refractivity contribution in [2.75, 3.05) is 20.1 Å². The summed E-state index contributed by atoms with van der Waals surface area (Å²) in [5.41, 5.74) is 4.35. The molecule has 29 heavy (non-hydrogen) atoms. The Hall–Kier alpha value is -3.05. The highest BCUT2D eigenvalue weighted by atomic mass is 16.2. The largest absolute Gasteiger partial charge is 0.359 e. The van der Waals surface area contributed by atoms with Gasteiger partial charge in [-0.2, -0.15) is 0 Å². The van der Waals surface area contributed by atoms with Gasteiger partial charge in [0.1, 0.15) is 0 Å². The Balaban J connectivity index is 1.50. The molecule has 0 radical (unpaired) electrons. The van der Waals surface area contributed by atoms with E-state index in [4.69, 9.17) is 0 Å². The maximum Gasteiger partial charge on any atom is 0.227 e. The summed E-state index contributed by atoms with van der Waals surface area (Å²) >= 11 is 0. The molecule has 0 bridgehead atoms. The fraction of sp³-hybridized carbons (Fsp3) is 0.292. The van der Waals surface area contributed by atoms with E-state index in [0.29, 0.717) is 0 Å². The molecule has 1 N–H and O–H groups in total. The van der Waals surface area contributed by atoms with E-state index in [0.717, 1.165) is 43.6 Å². The summed E-state index contributed by atoms with van der Waals surface area (Å²) < 4.78 is 0. The zero-order chi connectivity index (χ0) is 20.1. The average molecular weight is 386 g/mol. The lowest BCUT2D eigenvalue weighted by atomic mass is 9.79. The molecule has 0 unspecified atom stereocenters. The average Bonchev–Trinajstić information content (AvgIpc) is 3.18. The minimum absolute atomic E-state index is 0.132. The number of benzene rings is 1. The SMILES string of the molecule is CNC(=O)[C@@]1(Cc2ccc(-c3ccncc3)cc2)CCN(Cc2ccncc2)C1. The molecule has 4 rings (SSSR count). The van der Waals surface area contributed by atoms with E-state index in [1.54, 1.807) is 19.4 Å². The van der Waals surface area contributed by atoms with Crippen molar-refractivity contribution in [2.45, 2.75) is 19.4 Å². The van der Waals surface area contributed by atoms with Gasteiger partial charge in [0.05, 0.1) is 5.41 Å². The maximum absolute atomic E-state index is 12.9. The zero-order valence-electron chi connectivity index (χ0n) is 16.7. The number of hydrogen-bond donors (Lipinski definition) is 1. The minimum Gasteiger partial charge on any atom is -0.359 e. The van der Waals surface area contributed by atoms with Crippen molar-refractivity contribution in [1.29, 1.82) is 0 Å². The quantitative estimate of drug-likeness (QED) is 0.706. The second kappa shape index (κ2) is 8.53. The molecule has 1 aliphatic rings. The second-order valence-electron chi connectivity index (χ2n) is 7.79. The van der Waals surface area contributed by atoms with Crippen LogP contribution in [-0.4, -0.2) is 40.9 Å². The first-order chi connectivity index (χ1) is 14.2. The van der Waals surface area contributed by atoms with E-state index >= 15 is 0 Å². The summed E-state index contributed by atoms with van der Waals surface area (Å²) in [4.78, 5) is 23.4. The van der Waals surface area contributed by atoms with Crippen molar-refractivity contribution in [3.05, 3.63) is 84.4 Å². The number of pyridine rings is 2. The summed E-state index contributed by atoms with van der Waals surface area (Å²) in [6.07, 6.45) is 8.86. The lowest BCUT2D eigenvalue weighted by molar-refractivity contribution is -0.130. The standard InChI is InChI=1S/C24H26N4O/c1-25-23(29)24(10-15-28(18-24)17-20-6-11-26-12-7-20)16-19-2-4-21(5-3-19)22-8-13-27-14-9-22/h2-9,11-14H,10,15-18H2,1H3,(H,25,29)/t24-/m1/s1. The van der Waals surface area contributed by atoms with Gasteiger partial charge in [0.2, 0.25) is 5.91 Å². The molecule has 1 aliphatic heterocycles. The van der Waals surface area contributed by atoms with Gasteiger partial charge >= 0.3 is 0 Å². The van der Waals surface area contributed by atoms with E-state index in [1.807, 2.05) is 36.7 Å². The topological polar surface area (TPSA) is 58.1 Å². The molecule has 1 fully saturated rings. The maximum atomic E-state index is 12.9. The first-order valence-corrected chi connectivity index (χ1v) is 10.0. The predicted octanol–water partition coefficient (Wildman–Crippen LogP) is 3.32. The van der Waals surface area contributed by atoms with Crippen LogP contribution < -0.4 is 5.32 Å². The Morgan fingerprint density at radius 3 is 2.21 bits per heavy atom.